The van der Waals surface area contributed by atoms with Gasteiger partial charge in [-0.25, -0.2) is 41.7 Å². The van der Waals surface area contributed by atoms with Crippen LogP contribution in [0.5, 0.6) is 6.01 Å². The number of nitrogens with zero attached hydrogens (tertiary/aromatic N) is 5. The topological polar surface area (TPSA) is 213 Å². The quantitative estimate of drug-likeness (QED) is 0.174. The maximum atomic E-state index is 15.1. The summed E-state index contributed by atoms with van der Waals surface area (Å²) >= 11 is 0. The molecule has 4 N–H and O–H groups in total. The molecule has 276 valence electrons. The molecule has 2 aromatic carbocycles. The summed E-state index contributed by atoms with van der Waals surface area (Å²) in [5, 5.41) is 15.1. The number of halogens is 2. The molecule has 2 aliphatic rings. The number of carbonyl (C=O) groups excluding carboxylic acids is 3. The Labute approximate surface area is 301 Å². The molecule has 6 rings (SSSR count). The number of sulfonamides is 1. The molecule has 2 unspecified atom stereocenters. The molecule has 0 saturated carbocycles. The van der Waals surface area contributed by atoms with E-state index in [1.54, 1.807) is 7.05 Å². The molecular weight excluding hydrogens is 718 g/mol. The summed E-state index contributed by atoms with van der Waals surface area (Å²) in [6.45, 7) is 1.12. The molecule has 0 radical (unpaired) electrons. The highest BCUT2D eigenvalue weighted by atomic mass is 32.2. The highest BCUT2D eigenvalue weighted by molar-refractivity contribution is 7.92. The molecule has 19 heteroatoms. The van der Waals surface area contributed by atoms with Crippen LogP contribution in [-0.4, -0.2) is 96.5 Å². The van der Waals surface area contributed by atoms with Gasteiger partial charge in [0, 0.05) is 49.7 Å². The van der Waals surface area contributed by atoms with E-state index in [1.807, 2.05) is 4.72 Å². The highest BCUT2D eigenvalue weighted by Crippen LogP contribution is 2.30. The van der Waals surface area contributed by atoms with Crippen molar-refractivity contribution in [2.24, 2.45) is 5.92 Å². The van der Waals surface area contributed by atoms with Gasteiger partial charge in [0.25, 0.3) is 15.9 Å². The van der Waals surface area contributed by atoms with E-state index in [4.69, 9.17) is 4.74 Å². The van der Waals surface area contributed by atoms with Gasteiger partial charge in [-0.05, 0) is 48.9 Å². The molecule has 53 heavy (non-hydrogen) atoms. The Morgan fingerprint density at radius 3 is 2.38 bits per heavy atom. The van der Waals surface area contributed by atoms with Crippen molar-refractivity contribution in [3.63, 3.8) is 0 Å². The Hall–Kier alpha value is -6.08. The van der Waals surface area contributed by atoms with Crippen molar-refractivity contribution in [3.05, 3.63) is 90.0 Å². The number of amides is 4. The van der Waals surface area contributed by atoms with Crippen LogP contribution in [0.3, 0.4) is 0 Å². The molecule has 0 spiro atoms. The van der Waals surface area contributed by atoms with Crippen LogP contribution < -0.4 is 25.0 Å². The third-order valence-electron chi connectivity index (χ3n) is 8.92. The van der Waals surface area contributed by atoms with E-state index in [2.05, 4.69) is 25.6 Å². The summed E-state index contributed by atoms with van der Waals surface area (Å²) in [5.74, 6) is -6.21. The predicted octanol–water partition coefficient (Wildman–Crippen LogP) is 2.43. The van der Waals surface area contributed by atoms with Crippen LogP contribution in [0.25, 0.3) is 11.1 Å². The second-order valence-corrected chi connectivity index (χ2v) is 13.9. The maximum absolute atomic E-state index is 15.1. The Bertz CT molecular complexity index is 2170. The number of imide groups is 1. The number of carboxylic acid groups (broad SMARTS) is 1. The predicted molar refractivity (Wildman–Crippen MR) is 183 cm³/mol. The zero-order valence-electron chi connectivity index (χ0n) is 28.1. The van der Waals surface area contributed by atoms with E-state index in [9.17, 15) is 32.7 Å². The van der Waals surface area contributed by atoms with Crippen LogP contribution in [0.4, 0.5) is 25.0 Å². The summed E-state index contributed by atoms with van der Waals surface area (Å²) in [7, 11) is -1.41. The van der Waals surface area contributed by atoms with Crippen LogP contribution >= 0.6 is 0 Å². The molecule has 2 saturated heterocycles. The number of pyridine rings is 1. The molecule has 2 aliphatic heterocycles. The Balaban J connectivity index is 1.12. The molecule has 4 aromatic rings. The van der Waals surface area contributed by atoms with Crippen molar-refractivity contribution in [3.8, 4) is 17.1 Å². The number of piperidine rings is 1. The lowest BCUT2D eigenvalue weighted by molar-refractivity contribution is -0.139. The summed E-state index contributed by atoms with van der Waals surface area (Å²) in [6.07, 6.45) is 4.33. The standard InChI is InChI=1S/C34H32F2N8O8S/c1-43-29-17-37-10-9-23(29)31(46)44(34(43)49)21-6-5-20(38-16-21)11-28(32(47)48)41-30(45)24-12-26(36)27(13-25(24)35)42-53(50,51)22-7-3-18(4-8-22)19-14-39-33(52-2)40-15-19/h3-8,12-16,23,28-29,37,42H,9-11,17H2,1-2H3,(H,41,45)(H,47,48)/t23?,28-,29?/m0/s1. The minimum Gasteiger partial charge on any atom is -0.480 e. The summed E-state index contributed by atoms with van der Waals surface area (Å²) in [6, 6.07) is 6.79. The average Bonchev–Trinajstić information content (AvgIpc) is 3.15. The molecule has 2 aromatic heterocycles. The third kappa shape index (κ3) is 7.61. The number of nitrogens with one attached hydrogen (secondary N) is 3. The first-order valence-electron chi connectivity index (χ1n) is 16.1. The molecule has 4 heterocycles. The van der Waals surface area contributed by atoms with Crippen molar-refractivity contribution in [1.29, 1.82) is 0 Å². The molecule has 16 nitrogen and oxygen atoms in total. The number of aromatic nitrogens is 3. The number of anilines is 2. The van der Waals surface area contributed by atoms with E-state index in [1.165, 1.54) is 67.0 Å². The van der Waals surface area contributed by atoms with Gasteiger partial charge in [-0.15, -0.1) is 0 Å². The summed E-state index contributed by atoms with van der Waals surface area (Å²) in [4.78, 5) is 65.6. The number of hydrogen-bond donors (Lipinski definition) is 4. The van der Waals surface area contributed by atoms with Crippen LogP contribution in [-0.2, 0) is 26.0 Å². The zero-order valence-corrected chi connectivity index (χ0v) is 28.9. The highest BCUT2D eigenvalue weighted by Gasteiger charge is 2.46. The number of hydrogen-bond acceptors (Lipinski definition) is 11. The van der Waals surface area contributed by atoms with E-state index in [-0.39, 0.29) is 34.2 Å². The summed E-state index contributed by atoms with van der Waals surface area (Å²) < 4.78 is 63.1. The minimum absolute atomic E-state index is 0.146. The van der Waals surface area contributed by atoms with Gasteiger partial charge in [-0.2, -0.15) is 0 Å². The average molecular weight is 751 g/mol. The SMILES string of the molecule is COc1ncc(-c2ccc(S(=O)(=O)Nc3cc(F)c(C(=O)N[C@@H](Cc4ccc(N5C(=O)C6CCNCC6N(C)C5=O)cn4)C(=O)O)cc3F)cc2)cn1. The van der Waals surface area contributed by atoms with Gasteiger partial charge in [0.15, 0.2) is 0 Å². The lowest BCUT2D eigenvalue weighted by atomic mass is 9.88. The maximum Gasteiger partial charge on any atom is 0.331 e. The number of ether oxygens (including phenoxy) is 1. The van der Waals surface area contributed by atoms with E-state index in [0.29, 0.717) is 42.8 Å². The molecule has 2 fully saturated rings. The van der Waals surface area contributed by atoms with Gasteiger partial charge in [0.1, 0.15) is 17.7 Å². The Kier molecular flexibility index (Phi) is 10.3. The number of methoxy groups -OCH3 is 1. The summed E-state index contributed by atoms with van der Waals surface area (Å²) in [5.41, 5.74) is -0.214. The number of urea groups is 1. The van der Waals surface area contributed by atoms with Crippen LogP contribution in [0.2, 0.25) is 0 Å². The number of rotatable bonds is 11. The third-order valence-corrected chi connectivity index (χ3v) is 10.3. The van der Waals surface area contributed by atoms with E-state index < -0.39 is 69.2 Å². The van der Waals surface area contributed by atoms with Crippen molar-refractivity contribution in [2.75, 3.05) is 36.9 Å². The zero-order chi connectivity index (χ0) is 38.0. The number of fused-ring (bicyclic) bond motifs is 1. The molecule has 3 atom stereocenters. The normalized spacial score (nSPS) is 17.9. The lowest BCUT2D eigenvalue weighted by Crippen LogP contribution is -2.65. The van der Waals surface area contributed by atoms with Crippen LogP contribution in [0, 0.1) is 17.6 Å². The molecule has 0 aliphatic carbocycles. The Morgan fingerprint density at radius 1 is 1.02 bits per heavy atom. The first-order valence-corrected chi connectivity index (χ1v) is 17.5. The van der Waals surface area contributed by atoms with Crippen LogP contribution in [0.15, 0.2) is 72.0 Å². The fraction of sp³-hybridized carbons (Fsp3) is 0.265. The number of likely N-dealkylation sites (N-methyl/N-ethyl adjacent to an activating group) is 1. The molecular formula is C34H32F2N8O8S. The van der Waals surface area contributed by atoms with E-state index in [0.717, 1.165) is 4.90 Å². The largest absolute Gasteiger partial charge is 0.480 e. The van der Waals surface area contributed by atoms with Crippen LogP contribution in [0.1, 0.15) is 22.5 Å². The number of carboxylic acids is 1. The lowest BCUT2D eigenvalue weighted by Gasteiger charge is -2.45. The van der Waals surface area contributed by atoms with Gasteiger partial charge in [0.2, 0.25) is 5.91 Å². The first-order chi connectivity index (χ1) is 25.3. The molecule has 4 amide bonds. The molecule has 0 bridgehead atoms. The second kappa shape index (κ2) is 14.9. The number of carbonyl (C=O) groups is 4. The van der Waals surface area contributed by atoms with Gasteiger partial charge >= 0.3 is 18.0 Å². The van der Waals surface area contributed by atoms with Crippen molar-refractivity contribution in [2.45, 2.75) is 29.8 Å². The monoisotopic (exact) mass is 750 g/mol. The smallest absolute Gasteiger partial charge is 0.331 e. The Morgan fingerprint density at radius 2 is 1.74 bits per heavy atom. The van der Waals surface area contributed by atoms with E-state index >= 15 is 8.78 Å². The first kappa shape index (κ1) is 36.7. The van der Waals surface area contributed by atoms with Gasteiger partial charge < -0.3 is 25.4 Å². The fourth-order valence-electron chi connectivity index (χ4n) is 6.05. The van der Waals surface area contributed by atoms with Gasteiger partial charge in [-0.3, -0.25) is 19.3 Å². The number of benzene rings is 2. The van der Waals surface area contributed by atoms with Gasteiger partial charge in [-0.1, -0.05) is 12.1 Å². The van der Waals surface area contributed by atoms with Crippen molar-refractivity contribution >= 4 is 45.2 Å². The van der Waals surface area contributed by atoms with Crippen molar-refractivity contribution < 1.29 is 46.2 Å². The second-order valence-electron chi connectivity index (χ2n) is 12.2. The van der Waals surface area contributed by atoms with Crippen molar-refractivity contribution in [1.82, 2.24) is 30.5 Å². The fourth-order valence-corrected chi connectivity index (χ4v) is 7.11. The van der Waals surface area contributed by atoms with Gasteiger partial charge in [0.05, 0.1) is 47.1 Å². The number of aliphatic carboxylic acids is 1. The minimum atomic E-state index is -4.42.